The Kier molecular flexibility index (Phi) is 6.70. The van der Waals surface area contributed by atoms with Crippen molar-refractivity contribution < 1.29 is 24.2 Å². The third-order valence-electron chi connectivity index (χ3n) is 4.72. The van der Waals surface area contributed by atoms with Gasteiger partial charge in [0, 0.05) is 31.9 Å². The molecule has 7 heteroatoms. The molecule has 1 fully saturated rings. The number of hydrogen-bond acceptors (Lipinski definition) is 6. The number of benzene rings is 1. The van der Waals surface area contributed by atoms with Crippen molar-refractivity contribution in [1.29, 1.82) is 0 Å². The highest BCUT2D eigenvalue weighted by Crippen LogP contribution is 2.26. The molecule has 27 heavy (non-hydrogen) atoms. The molecule has 150 valence electrons. The lowest BCUT2D eigenvalue weighted by Crippen LogP contribution is -2.47. The summed E-state index contributed by atoms with van der Waals surface area (Å²) in [6.07, 6.45) is 1.34. The zero-order valence-corrected chi connectivity index (χ0v) is 16.8. The quantitative estimate of drug-likeness (QED) is 0.812. The van der Waals surface area contributed by atoms with Crippen molar-refractivity contribution in [2.45, 2.75) is 51.9 Å². The molecule has 0 radical (unpaired) electrons. The van der Waals surface area contributed by atoms with Crippen LogP contribution in [0.15, 0.2) is 18.2 Å². The van der Waals surface area contributed by atoms with Crippen LogP contribution in [0.5, 0.6) is 0 Å². The average molecular weight is 378 g/mol. The van der Waals surface area contributed by atoms with Gasteiger partial charge in [-0.15, -0.1) is 0 Å². The van der Waals surface area contributed by atoms with Gasteiger partial charge in [0.05, 0.1) is 19.3 Å². The lowest BCUT2D eigenvalue weighted by atomic mass is 10.0. The predicted molar refractivity (Wildman–Crippen MR) is 103 cm³/mol. The lowest BCUT2D eigenvalue weighted by Gasteiger charge is -2.38. The fraction of sp³-hybridized carbons (Fsp3) is 0.600. The number of hydrogen-bond donors (Lipinski definition) is 1. The normalized spacial score (nSPS) is 15.4. The molecule has 1 aromatic rings. The fourth-order valence-electron chi connectivity index (χ4n) is 3.21. The van der Waals surface area contributed by atoms with E-state index in [0.29, 0.717) is 11.1 Å². The Bertz CT molecular complexity index is 675. The summed E-state index contributed by atoms with van der Waals surface area (Å²) in [5.74, 6) is -0.455. The van der Waals surface area contributed by atoms with Gasteiger partial charge in [-0.1, -0.05) is 0 Å². The number of ether oxygens (including phenoxy) is 2. The molecule has 0 spiro atoms. The summed E-state index contributed by atoms with van der Waals surface area (Å²) in [5, 5.41) is 9.57. The van der Waals surface area contributed by atoms with E-state index in [2.05, 4.69) is 4.90 Å². The number of carbonyl (C=O) groups excluding carboxylic acids is 2. The Hall–Kier alpha value is -2.28. The number of esters is 1. The van der Waals surface area contributed by atoms with Crippen LogP contribution < -0.4 is 4.90 Å². The molecule has 0 atom stereocenters. The first kappa shape index (κ1) is 21.0. The van der Waals surface area contributed by atoms with E-state index < -0.39 is 11.6 Å². The molecule has 1 aromatic carbocycles. The van der Waals surface area contributed by atoms with Crippen LogP contribution in [0.1, 0.15) is 49.5 Å². The molecule has 1 N–H and O–H groups in total. The predicted octanol–water partition coefficient (Wildman–Crippen LogP) is 2.80. The van der Waals surface area contributed by atoms with Gasteiger partial charge in [-0.2, -0.15) is 0 Å². The summed E-state index contributed by atoms with van der Waals surface area (Å²) in [4.78, 5) is 27.9. The smallest absolute Gasteiger partial charge is 0.410 e. The molecule has 0 unspecified atom stereocenters. The number of anilines is 1. The SMILES string of the molecule is COC(=O)c1ccc(N2CCC(N(C)C(=O)OC(C)(C)C)CC2)cc1CO. The number of piperidine rings is 1. The van der Waals surface area contributed by atoms with Crippen LogP contribution in [0.2, 0.25) is 0 Å². The molecule has 0 bridgehead atoms. The number of amides is 1. The molecular weight excluding hydrogens is 348 g/mol. The summed E-state index contributed by atoms with van der Waals surface area (Å²) in [7, 11) is 3.10. The standard InChI is InChI=1S/C20H30N2O5/c1-20(2,3)27-19(25)21(4)15-8-10-22(11-9-15)16-6-7-17(18(24)26-5)14(12-16)13-23/h6-7,12,15,23H,8-11,13H2,1-5H3. The molecule has 1 aliphatic heterocycles. The summed E-state index contributed by atoms with van der Waals surface area (Å²) in [6.45, 7) is 6.91. The third-order valence-corrected chi connectivity index (χ3v) is 4.72. The maximum Gasteiger partial charge on any atom is 0.410 e. The van der Waals surface area contributed by atoms with Gasteiger partial charge < -0.3 is 24.4 Å². The third kappa shape index (κ3) is 5.35. The second-order valence-corrected chi connectivity index (χ2v) is 7.80. The van der Waals surface area contributed by atoms with Gasteiger partial charge in [-0.3, -0.25) is 0 Å². The average Bonchev–Trinajstić information content (AvgIpc) is 2.65. The van der Waals surface area contributed by atoms with Crippen LogP contribution in [-0.2, 0) is 16.1 Å². The Balaban J connectivity index is 2.01. The van der Waals surface area contributed by atoms with E-state index in [-0.39, 0.29) is 18.7 Å². The molecule has 0 aromatic heterocycles. The van der Waals surface area contributed by atoms with E-state index in [4.69, 9.17) is 9.47 Å². The van der Waals surface area contributed by atoms with E-state index in [1.807, 2.05) is 32.9 Å². The zero-order valence-electron chi connectivity index (χ0n) is 16.8. The lowest BCUT2D eigenvalue weighted by molar-refractivity contribution is 0.0200. The Labute approximate surface area is 160 Å². The number of nitrogens with zero attached hydrogens (tertiary/aromatic N) is 2. The van der Waals surface area contributed by atoms with E-state index in [1.165, 1.54) is 7.11 Å². The van der Waals surface area contributed by atoms with Crippen LogP contribution in [-0.4, -0.2) is 61.0 Å². The van der Waals surface area contributed by atoms with E-state index in [9.17, 15) is 14.7 Å². The van der Waals surface area contributed by atoms with Gasteiger partial charge in [0.15, 0.2) is 0 Å². The molecular formula is C20H30N2O5. The topological polar surface area (TPSA) is 79.3 Å². The Morgan fingerprint density at radius 2 is 1.89 bits per heavy atom. The Morgan fingerprint density at radius 1 is 1.26 bits per heavy atom. The minimum Gasteiger partial charge on any atom is -0.465 e. The molecule has 2 rings (SSSR count). The number of aliphatic hydroxyl groups is 1. The number of rotatable bonds is 4. The fourth-order valence-corrected chi connectivity index (χ4v) is 3.21. The van der Waals surface area contributed by atoms with Gasteiger partial charge in [-0.25, -0.2) is 9.59 Å². The van der Waals surface area contributed by atoms with Crippen molar-refractivity contribution >= 4 is 17.7 Å². The first-order valence-corrected chi connectivity index (χ1v) is 9.19. The van der Waals surface area contributed by atoms with Crippen LogP contribution in [0.3, 0.4) is 0 Å². The van der Waals surface area contributed by atoms with Gasteiger partial charge in [0.25, 0.3) is 0 Å². The van der Waals surface area contributed by atoms with Crippen LogP contribution >= 0.6 is 0 Å². The van der Waals surface area contributed by atoms with E-state index in [0.717, 1.165) is 31.6 Å². The highest BCUT2D eigenvalue weighted by atomic mass is 16.6. The second-order valence-electron chi connectivity index (χ2n) is 7.80. The van der Waals surface area contributed by atoms with Crippen molar-refractivity contribution in [1.82, 2.24) is 4.90 Å². The number of carbonyl (C=O) groups is 2. The van der Waals surface area contributed by atoms with Crippen LogP contribution in [0, 0.1) is 0 Å². The summed E-state index contributed by atoms with van der Waals surface area (Å²) in [6, 6.07) is 5.50. The summed E-state index contributed by atoms with van der Waals surface area (Å²) >= 11 is 0. The zero-order chi connectivity index (χ0) is 20.2. The second kappa shape index (κ2) is 8.61. The molecule has 1 saturated heterocycles. The maximum absolute atomic E-state index is 12.2. The monoisotopic (exact) mass is 378 g/mol. The summed E-state index contributed by atoms with van der Waals surface area (Å²) < 4.78 is 10.2. The largest absolute Gasteiger partial charge is 0.465 e. The van der Waals surface area contributed by atoms with Crippen LogP contribution in [0.25, 0.3) is 0 Å². The van der Waals surface area contributed by atoms with Crippen LogP contribution in [0.4, 0.5) is 10.5 Å². The minimum atomic E-state index is -0.506. The molecule has 1 heterocycles. The van der Waals surface area contributed by atoms with Gasteiger partial charge in [0.2, 0.25) is 0 Å². The van der Waals surface area contributed by atoms with Crippen molar-refractivity contribution in [3.63, 3.8) is 0 Å². The molecule has 1 aliphatic rings. The van der Waals surface area contributed by atoms with E-state index >= 15 is 0 Å². The van der Waals surface area contributed by atoms with E-state index in [1.54, 1.807) is 18.0 Å². The highest BCUT2D eigenvalue weighted by Gasteiger charge is 2.29. The van der Waals surface area contributed by atoms with Gasteiger partial charge >= 0.3 is 12.1 Å². The molecule has 7 nitrogen and oxygen atoms in total. The van der Waals surface area contributed by atoms with Crippen molar-refractivity contribution in [2.24, 2.45) is 0 Å². The van der Waals surface area contributed by atoms with Gasteiger partial charge in [-0.05, 0) is 57.4 Å². The minimum absolute atomic E-state index is 0.128. The highest BCUT2D eigenvalue weighted by molar-refractivity contribution is 5.91. The van der Waals surface area contributed by atoms with Crippen molar-refractivity contribution in [2.75, 3.05) is 32.1 Å². The number of methoxy groups -OCH3 is 1. The van der Waals surface area contributed by atoms with Crippen molar-refractivity contribution in [3.8, 4) is 0 Å². The number of aliphatic hydroxyl groups excluding tert-OH is 1. The molecule has 0 saturated carbocycles. The first-order valence-electron chi connectivity index (χ1n) is 9.19. The molecule has 1 amide bonds. The first-order chi connectivity index (χ1) is 12.7. The maximum atomic E-state index is 12.2. The molecule has 0 aliphatic carbocycles. The van der Waals surface area contributed by atoms with Gasteiger partial charge in [0.1, 0.15) is 5.60 Å². The van der Waals surface area contributed by atoms with Crippen molar-refractivity contribution in [3.05, 3.63) is 29.3 Å². The summed E-state index contributed by atoms with van der Waals surface area (Å²) in [5.41, 5.74) is 1.37. The Morgan fingerprint density at radius 3 is 2.41 bits per heavy atom.